The van der Waals surface area contributed by atoms with Crippen LogP contribution in [0.4, 0.5) is 18.0 Å². The molecule has 0 heterocycles. The number of hydrogen-bond acceptors (Lipinski definition) is 4. The number of hydrogen-bond donors (Lipinski definition) is 2. The van der Waals surface area contributed by atoms with Gasteiger partial charge in [-0.2, -0.15) is 18.3 Å². The molecule has 0 aliphatic rings. The van der Waals surface area contributed by atoms with Crippen molar-refractivity contribution in [2.24, 2.45) is 5.10 Å². The number of carbonyl (C=O) groups excluding carboxylic acids is 1. The van der Waals surface area contributed by atoms with Crippen LogP contribution in [0.5, 0.6) is 0 Å². The summed E-state index contributed by atoms with van der Waals surface area (Å²) in [6.45, 7) is 4.18. The van der Waals surface area contributed by atoms with E-state index in [1.807, 2.05) is 6.92 Å². The van der Waals surface area contributed by atoms with E-state index < -0.39 is 26.3 Å². The first-order valence-corrected chi connectivity index (χ1v) is 11.1. The summed E-state index contributed by atoms with van der Waals surface area (Å²) in [4.78, 5) is 11.1. The van der Waals surface area contributed by atoms with Crippen molar-refractivity contribution in [1.82, 2.24) is 10.7 Å². The molecule has 0 fully saturated rings. The molecule has 168 valence electrons. The Morgan fingerprint density at radius 1 is 1.13 bits per heavy atom. The molecule has 0 saturated heterocycles. The molecule has 0 saturated carbocycles. The second-order valence-corrected chi connectivity index (χ2v) is 8.99. The molecular formula is C20H21ClF3N3O3S. The Morgan fingerprint density at radius 3 is 2.32 bits per heavy atom. The Kier molecular flexibility index (Phi) is 8.08. The molecule has 2 aromatic rings. The lowest BCUT2D eigenvalue weighted by atomic mass is 9.98. The number of urea groups is 1. The van der Waals surface area contributed by atoms with Crippen LogP contribution in [-0.4, -0.2) is 32.2 Å². The third kappa shape index (κ3) is 6.20. The minimum absolute atomic E-state index is 0.232. The summed E-state index contributed by atoms with van der Waals surface area (Å²) in [5.74, 6) is 0. The quantitative estimate of drug-likeness (QED) is 0.343. The molecule has 0 atom stereocenters. The molecule has 2 N–H and O–H groups in total. The van der Waals surface area contributed by atoms with E-state index >= 15 is 0 Å². The van der Waals surface area contributed by atoms with Gasteiger partial charge in [0.15, 0.2) is 0 Å². The maximum atomic E-state index is 12.8. The number of sulfone groups is 1. The molecule has 0 unspecified atom stereocenters. The van der Waals surface area contributed by atoms with Crippen LogP contribution < -0.4 is 10.7 Å². The standard InChI is InChI=1S/C20H21ClF3N3O3S/c1-3-4-11-25-19(28)27-26-18(17-10-7-15(21)12-13(17)2)14-5-8-16(9-6-14)31(29,30)20(22,23)24/h5-10,12H,3-4,11H2,1-2H3,(H2,25,27,28). The number of carbonyl (C=O) groups is 1. The van der Waals surface area contributed by atoms with Gasteiger partial charge >= 0.3 is 11.5 Å². The van der Waals surface area contributed by atoms with Crippen molar-refractivity contribution in [2.45, 2.75) is 37.1 Å². The van der Waals surface area contributed by atoms with Crippen LogP contribution in [0.15, 0.2) is 52.5 Å². The first-order valence-electron chi connectivity index (χ1n) is 9.27. The summed E-state index contributed by atoms with van der Waals surface area (Å²) < 4.78 is 61.6. The van der Waals surface area contributed by atoms with Gasteiger partial charge in [0.05, 0.1) is 10.6 Å². The van der Waals surface area contributed by atoms with E-state index in [-0.39, 0.29) is 5.71 Å². The SMILES string of the molecule is CCCCNC(=O)NN=C(c1ccc(S(=O)(=O)C(F)(F)F)cc1)c1ccc(Cl)cc1C. The number of nitrogens with zero attached hydrogens (tertiary/aromatic N) is 1. The summed E-state index contributed by atoms with van der Waals surface area (Å²) in [5, 5.41) is 7.21. The smallest absolute Gasteiger partial charge is 0.337 e. The molecule has 0 aliphatic heterocycles. The molecule has 2 rings (SSSR count). The highest BCUT2D eigenvalue weighted by atomic mass is 35.5. The summed E-state index contributed by atoms with van der Waals surface area (Å²) >= 11 is 5.99. The molecule has 6 nitrogen and oxygen atoms in total. The van der Waals surface area contributed by atoms with Crippen molar-refractivity contribution in [3.63, 3.8) is 0 Å². The van der Waals surface area contributed by atoms with Gasteiger partial charge in [-0.05, 0) is 43.2 Å². The van der Waals surface area contributed by atoms with E-state index in [9.17, 15) is 26.4 Å². The van der Waals surface area contributed by atoms with Gasteiger partial charge in [0.2, 0.25) is 0 Å². The zero-order valence-electron chi connectivity index (χ0n) is 16.8. The number of amides is 2. The molecule has 0 bridgehead atoms. The maximum Gasteiger partial charge on any atom is 0.501 e. The first-order chi connectivity index (χ1) is 14.5. The van der Waals surface area contributed by atoms with Crippen LogP contribution in [0.25, 0.3) is 0 Å². The van der Waals surface area contributed by atoms with Gasteiger partial charge in [-0.25, -0.2) is 18.6 Å². The van der Waals surface area contributed by atoms with Crippen LogP contribution >= 0.6 is 11.6 Å². The number of hydrazone groups is 1. The van der Waals surface area contributed by atoms with Crippen LogP contribution in [-0.2, 0) is 9.84 Å². The number of halogens is 4. The van der Waals surface area contributed by atoms with Crippen LogP contribution in [0, 0.1) is 6.92 Å². The Bertz CT molecular complexity index is 1070. The predicted molar refractivity (Wildman–Crippen MR) is 113 cm³/mol. The molecule has 11 heteroatoms. The molecule has 0 aliphatic carbocycles. The van der Waals surface area contributed by atoms with Gasteiger partial charge < -0.3 is 5.32 Å². The summed E-state index contributed by atoms with van der Waals surface area (Å²) in [7, 11) is -5.47. The van der Waals surface area contributed by atoms with Crippen molar-refractivity contribution in [3.05, 3.63) is 64.2 Å². The highest BCUT2D eigenvalue weighted by Gasteiger charge is 2.46. The lowest BCUT2D eigenvalue weighted by molar-refractivity contribution is -0.0436. The molecular weight excluding hydrogens is 455 g/mol. The lowest BCUT2D eigenvalue weighted by Crippen LogP contribution is -2.33. The van der Waals surface area contributed by atoms with E-state index in [2.05, 4.69) is 15.8 Å². The van der Waals surface area contributed by atoms with Gasteiger partial charge in [-0.1, -0.05) is 43.1 Å². The third-order valence-electron chi connectivity index (χ3n) is 4.27. The van der Waals surface area contributed by atoms with E-state index in [0.717, 1.165) is 25.0 Å². The van der Waals surface area contributed by atoms with E-state index in [0.29, 0.717) is 28.3 Å². The predicted octanol–water partition coefficient (Wildman–Crippen LogP) is 4.79. The number of rotatable bonds is 7. The normalized spacial score (nSPS) is 12.5. The Morgan fingerprint density at radius 2 is 1.77 bits per heavy atom. The highest BCUT2D eigenvalue weighted by molar-refractivity contribution is 7.92. The van der Waals surface area contributed by atoms with Gasteiger partial charge in [-0.15, -0.1) is 0 Å². The topological polar surface area (TPSA) is 87.6 Å². The summed E-state index contributed by atoms with van der Waals surface area (Å²) in [5.41, 5.74) is -1.25. The molecule has 2 aromatic carbocycles. The Hall–Kier alpha value is -2.59. The monoisotopic (exact) mass is 475 g/mol. The van der Waals surface area contributed by atoms with Crippen molar-refractivity contribution >= 4 is 33.2 Å². The maximum absolute atomic E-state index is 12.8. The molecule has 0 spiro atoms. The van der Waals surface area contributed by atoms with Gasteiger partial charge in [0.1, 0.15) is 0 Å². The van der Waals surface area contributed by atoms with E-state index in [4.69, 9.17) is 11.6 Å². The Balaban J connectivity index is 2.43. The summed E-state index contributed by atoms with van der Waals surface area (Å²) in [6, 6.07) is 8.45. The number of aryl methyl sites for hydroxylation is 1. The first kappa shape index (κ1) is 24.7. The molecule has 0 aromatic heterocycles. The average Bonchev–Trinajstić information content (AvgIpc) is 2.69. The highest BCUT2D eigenvalue weighted by Crippen LogP contribution is 2.30. The van der Waals surface area contributed by atoms with Gasteiger partial charge in [-0.3, -0.25) is 0 Å². The van der Waals surface area contributed by atoms with Gasteiger partial charge in [0.25, 0.3) is 9.84 Å². The van der Waals surface area contributed by atoms with Crippen LogP contribution in [0.1, 0.15) is 36.5 Å². The minimum Gasteiger partial charge on any atom is -0.337 e. The second-order valence-electron chi connectivity index (χ2n) is 6.61. The number of benzene rings is 2. The fraction of sp³-hybridized carbons (Fsp3) is 0.300. The van der Waals surface area contributed by atoms with E-state index in [1.165, 1.54) is 12.1 Å². The van der Waals surface area contributed by atoms with Crippen molar-refractivity contribution in [2.75, 3.05) is 6.54 Å². The largest absolute Gasteiger partial charge is 0.501 e. The molecule has 0 radical (unpaired) electrons. The molecule has 31 heavy (non-hydrogen) atoms. The van der Waals surface area contributed by atoms with Crippen LogP contribution in [0.2, 0.25) is 5.02 Å². The average molecular weight is 476 g/mol. The number of nitrogens with one attached hydrogen (secondary N) is 2. The fourth-order valence-electron chi connectivity index (χ4n) is 2.62. The third-order valence-corrected chi connectivity index (χ3v) is 6.01. The summed E-state index contributed by atoms with van der Waals surface area (Å²) in [6.07, 6.45) is 1.68. The zero-order valence-corrected chi connectivity index (χ0v) is 18.3. The van der Waals surface area contributed by atoms with Crippen molar-refractivity contribution in [1.29, 1.82) is 0 Å². The van der Waals surface area contributed by atoms with Crippen molar-refractivity contribution in [3.8, 4) is 0 Å². The van der Waals surface area contributed by atoms with Gasteiger partial charge in [0, 0.05) is 22.7 Å². The zero-order chi connectivity index (χ0) is 23.2. The second kappa shape index (κ2) is 10.1. The van der Waals surface area contributed by atoms with Crippen LogP contribution in [0.3, 0.4) is 0 Å². The Labute approximate surface area is 183 Å². The lowest BCUT2D eigenvalue weighted by Gasteiger charge is -2.13. The number of alkyl halides is 3. The van der Waals surface area contributed by atoms with E-state index in [1.54, 1.807) is 25.1 Å². The number of unbranched alkanes of at least 4 members (excludes halogenated alkanes) is 1. The van der Waals surface area contributed by atoms with Crippen molar-refractivity contribution < 1.29 is 26.4 Å². The fourth-order valence-corrected chi connectivity index (χ4v) is 3.61. The molecule has 2 amide bonds. The minimum atomic E-state index is -5.47.